The molecule has 15 heavy (non-hydrogen) atoms. The number of hydrogen-bond donors (Lipinski definition) is 0. The van der Waals surface area contributed by atoms with Crippen LogP contribution in [-0.4, -0.2) is 11.7 Å². The lowest BCUT2D eigenvalue weighted by atomic mass is 10.1. The molecule has 1 rings (SSSR count). The number of halogens is 4. The molecule has 0 radical (unpaired) electrons. The van der Waals surface area contributed by atoms with Gasteiger partial charge in [-0.3, -0.25) is 4.79 Å². The lowest BCUT2D eigenvalue weighted by molar-refractivity contribution is 0.0987. The Balaban J connectivity index is 3.09. The van der Waals surface area contributed by atoms with Crippen LogP contribution in [0.1, 0.15) is 28.8 Å². The van der Waals surface area contributed by atoms with Crippen molar-refractivity contribution in [2.75, 3.05) is 5.88 Å². The first-order valence-electron chi connectivity index (χ1n) is 4.23. The van der Waals surface area contributed by atoms with Crippen LogP contribution in [0.2, 0.25) is 0 Å². The van der Waals surface area contributed by atoms with Crippen LogP contribution < -0.4 is 0 Å². The van der Waals surface area contributed by atoms with Gasteiger partial charge in [0.1, 0.15) is 0 Å². The van der Waals surface area contributed by atoms with Gasteiger partial charge >= 0.3 is 0 Å². The van der Waals surface area contributed by atoms with E-state index in [-0.39, 0.29) is 33.7 Å². The summed E-state index contributed by atoms with van der Waals surface area (Å²) in [7, 11) is 0. The summed E-state index contributed by atoms with van der Waals surface area (Å²) < 4.78 is 25.1. The van der Waals surface area contributed by atoms with E-state index in [1.54, 1.807) is 0 Å². The molecule has 0 saturated carbocycles. The topological polar surface area (TPSA) is 17.1 Å². The van der Waals surface area contributed by atoms with E-state index < -0.39 is 6.43 Å². The molecule has 0 unspecified atom stereocenters. The van der Waals surface area contributed by atoms with E-state index in [1.165, 1.54) is 18.2 Å². The Morgan fingerprint density at radius 1 is 1.47 bits per heavy atom. The second-order valence-corrected chi connectivity index (χ2v) is 4.04. The lowest BCUT2D eigenvalue weighted by Gasteiger charge is -2.07. The van der Waals surface area contributed by atoms with Gasteiger partial charge in [0.05, 0.1) is 0 Å². The van der Waals surface area contributed by atoms with Gasteiger partial charge in [-0.25, -0.2) is 8.78 Å². The van der Waals surface area contributed by atoms with Gasteiger partial charge in [-0.1, -0.05) is 18.2 Å². The summed E-state index contributed by atoms with van der Waals surface area (Å²) in [5.74, 6) is -0.0520. The first-order chi connectivity index (χ1) is 7.07. The summed E-state index contributed by atoms with van der Waals surface area (Å²) in [6, 6.07) is 4.23. The molecule has 0 saturated heterocycles. The minimum Gasteiger partial charge on any atom is -0.294 e. The predicted octanol–water partition coefficient (Wildman–Crippen LogP) is 4.20. The predicted molar refractivity (Wildman–Crippen MR) is 58.8 cm³/mol. The van der Waals surface area contributed by atoms with Crippen molar-refractivity contribution in [3.63, 3.8) is 0 Å². The van der Waals surface area contributed by atoms with E-state index >= 15 is 0 Å². The number of benzene rings is 1. The summed E-state index contributed by atoms with van der Waals surface area (Å²) >= 11 is 8.43. The molecule has 1 aromatic rings. The number of Topliss-reactive ketones (excluding diaryl/α,β-unsaturated/α-hetero) is 1. The maximum atomic E-state index is 12.5. The van der Waals surface area contributed by atoms with Gasteiger partial charge in [0.25, 0.3) is 6.43 Å². The standard InChI is InChI=1S/C10H8BrClF2O/c11-9-6(8(15)4-5-12)2-1-3-7(9)10(13)14/h1-3,10H,4-5H2. The smallest absolute Gasteiger partial charge is 0.264 e. The van der Waals surface area contributed by atoms with E-state index in [0.717, 1.165) is 0 Å². The van der Waals surface area contributed by atoms with E-state index in [9.17, 15) is 13.6 Å². The first kappa shape index (κ1) is 12.6. The van der Waals surface area contributed by atoms with Gasteiger partial charge in [0, 0.05) is 27.9 Å². The normalized spacial score (nSPS) is 10.7. The molecule has 0 atom stereocenters. The highest BCUT2D eigenvalue weighted by atomic mass is 79.9. The van der Waals surface area contributed by atoms with Crippen molar-refractivity contribution in [2.24, 2.45) is 0 Å². The van der Waals surface area contributed by atoms with Crippen LogP contribution in [0.4, 0.5) is 8.78 Å². The molecule has 0 heterocycles. The molecule has 5 heteroatoms. The molecule has 0 bridgehead atoms. The zero-order valence-corrected chi connectivity index (χ0v) is 9.99. The van der Waals surface area contributed by atoms with Gasteiger partial charge in [0.2, 0.25) is 0 Å². The zero-order chi connectivity index (χ0) is 11.4. The Morgan fingerprint density at radius 3 is 2.67 bits per heavy atom. The van der Waals surface area contributed by atoms with Crippen LogP contribution in [0.15, 0.2) is 22.7 Å². The fourth-order valence-corrected chi connectivity index (χ4v) is 1.98. The molecule has 0 aliphatic carbocycles. The van der Waals surface area contributed by atoms with Crippen LogP contribution in [0.5, 0.6) is 0 Å². The first-order valence-corrected chi connectivity index (χ1v) is 5.56. The third kappa shape index (κ3) is 2.98. The fraction of sp³-hybridized carbons (Fsp3) is 0.300. The Hall–Kier alpha value is -0.480. The fourth-order valence-electron chi connectivity index (χ4n) is 1.15. The summed E-state index contributed by atoms with van der Waals surface area (Å²) in [5, 5.41) is 0. The molecule has 0 spiro atoms. The Labute approximate surface area is 99.6 Å². The zero-order valence-electron chi connectivity index (χ0n) is 7.64. The lowest BCUT2D eigenvalue weighted by Crippen LogP contribution is -2.02. The molecule has 0 aliphatic heterocycles. The quantitative estimate of drug-likeness (QED) is 0.601. The van der Waals surface area contributed by atoms with E-state index in [1.807, 2.05) is 0 Å². The summed E-state index contributed by atoms with van der Waals surface area (Å²) in [4.78, 5) is 11.5. The molecular formula is C10H8BrClF2O. The van der Waals surface area contributed by atoms with Crippen molar-refractivity contribution < 1.29 is 13.6 Å². The number of carbonyl (C=O) groups is 1. The van der Waals surface area contributed by atoms with Crippen LogP contribution in [0.25, 0.3) is 0 Å². The Kier molecular flexibility index (Phi) is 4.67. The maximum Gasteiger partial charge on any atom is 0.264 e. The summed E-state index contributed by atoms with van der Waals surface area (Å²) in [5.41, 5.74) is 0.0869. The van der Waals surface area contributed by atoms with Crippen LogP contribution in [0, 0.1) is 0 Å². The van der Waals surface area contributed by atoms with Crippen molar-refractivity contribution in [2.45, 2.75) is 12.8 Å². The average molecular weight is 298 g/mol. The van der Waals surface area contributed by atoms with Crippen LogP contribution in [0.3, 0.4) is 0 Å². The van der Waals surface area contributed by atoms with Gasteiger partial charge < -0.3 is 0 Å². The number of ketones is 1. The molecule has 0 aromatic heterocycles. The molecular weight excluding hydrogens is 289 g/mol. The molecule has 1 aromatic carbocycles. The molecule has 0 aliphatic rings. The van der Waals surface area contributed by atoms with Crippen molar-refractivity contribution in [3.05, 3.63) is 33.8 Å². The Morgan fingerprint density at radius 2 is 2.13 bits per heavy atom. The third-order valence-corrected chi connectivity index (χ3v) is 2.96. The van der Waals surface area contributed by atoms with Crippen LogP contribution in [-0.2, 0) is 0 Å². The second-order valence-electron chi connectivity index (χ2n) is 2.87. The minimum absolute atomic E-state index is 0.146. The number of rotatable bonds is 4. The van der Waals surface area contributed by atoms with Gasteiger partial charge in [-0.15, -0.1) is 11.6 Å². The number of alkyl halides is 3. The van der Waals surface area contributed by atoms with E-state index in [4.69, 9.17) is 11.6 Å². The molecule has 0 fully saturated rings. The van der Waals surface area contributed by atoms with Crippen molar-refractivity contribution in [1.82, 2.24) is 0 Å². The van der Waals surface area contributed by atoms with E-state index in [0.29, 0.717) is 0 Å². The molecule has 0 amide bonds. The van der Waals surface area contributed by atoms with Crippen molar-refractivity contribution >= 4 is 33.3 Å². The number of carbonyl (C=O) groups excluding carboxylic acids is 1. The monoisotopic (exact) mass is 296 g/mol. The minimum atomic E-state index is -2.59. The van der Waals surface area contributed by atoms with Gasteiger partial charge in [-0.05, 0) is 15.9 Å². The second kappa shape index (κ2) is 5.56. The van der Waals surface area contributed by atoms with Crippen molar-refractivity contribution in [1.29, 1.82) is 0 Å². The molecule has 1 nitrogen and oxygen atoms in total. The SMILES string of the molecule is O=C(CCCl)c1cccc(C(F)F)c1Br. The van der Waals surface area contributed by atoms with E-state index in [2.05, 4.69) is 15.9 Å². The number of hydrogen-bond acceptors (Lipinski definition) is 1. The highest BCUT2D eigenvalue weighted by Crippen LogP contribution is 2.30. The van der Waals surface area contributed by atoms with Gasteiger partial charge in [0.15, 0.2) is 5.78 Å². The summed E-state index contributed by atoms with van der Waals surface area (Å²) in [6.45, 7) is 0. The summed E-state index contributed by atoms with van der Waals surface area (Å²) in [6.07, 6.45) is -2.45. The molecule has 0 N–H and O–H groups in total. The average Bonchev–Trinajstić information content (AvgIpc) is 2.17. The third-order valence-electron chi connectivity index (χ3n) is 1.89. The molecule has 82 valence electrons. The largest absolute Gasteiger partial charge is 0.294 e. The Bertz CT molecular complexity index is 368. The maximum absolute atomic E-state index is 12.5. The van der Waals surface area contributed by atoms with Crippen LogP contribution >= 0.6 is 27.5 Å². The van der Waals surface area contributed by atoms with Gasteiger partial charge in [-0.2, -0.15) is 0 Å². The van der Waals surface area contributed by atoms with Crippen molar-refractivity contribution in [3.8, 4) is 0 Å². The highest BCUT2D eigenvalue weighted by molar-refractivity contribution is 9.10. The highest BCUT2D eigenvalue weighted by Gasteiger charge is 2.17.